The fraction of sp³-hybridized carbons (Fsp3) is 0.179. The first-order valence-electron chi connectivity index (χ1n) is 14.9. The van der Waals surface area contributed by atoms with Gasteiger partial charge in [-0.05, 0) is 64.9 Å². The van der Waals surface area contributed by atoms with E-state index in [0.717, 1.165) is 28.7 Å². The molecule has 206 valence electrons. The van der Waals surface area contributed by atoms with Gasteiger partial charge in [-0.25, -0.2) is 9.98 Å². The number of aliphatic imine (C=N–C) groups is 2. The van der Waals surface area contributed by atoms with E-state index in [9.17, 15) is 0 Å². The van der Waals surface area contributed by atoms with Crippen molar-refractivity contribution in [2.24, 2.45) is 9.98 Å². The summed E-state index contributed by atoms with van der Waals surface area (Å²) in [5.41, 5.74) is 10.8. The molecule has 1 aliphatic rings. The maximum absolute atomic E-state index is 5.43. The molecule has 0 saturated carbocycles. The van der Waals surface area contributed by atoms with Gasteiger partial charge in [-0.1, -0.05) is 124 Å². The predicted molar refractivity (Wildman–Crippen MR) is 178 cm³/mol. The van der Waals surface area contributed by atoms with E-state index in [4.69, 9.17) is 9.98 Å². The van der Waals surface area contributed by atoms with Crippen molar-refractivity contribution in [2.45, 2.75) is 45.6 Å². The first-order chi connectivity index (χ1) is 20.5. The molecule has 1 aromatic heterocycles. The minimum absolute atomic E-state index is 0.0140. The summed E-state index contributed by atoms with van der Waals surface area (Å²) in [5, 5.41) is 2.44. The second-order valence-electron chi connectivity index (χ2n) is 11.8. The van der Waals surface area contributed by atoms with Gasteiger partial charge in [0, 0.05) is 21.9 Å². The van der Waals surface area contributed by atoms with Crippen LogP contribution in [0.15, 0.2) is 131 Å². The van der Waals surface area contributed by atoms with Gasteiger partial charge in [-0.2, -0.15) is 0 Å². The monoisotopic (exact) mass is 545 g/mol. The van der Waals surface area contributed by atoms with Gasteiger partial charge in [0.05, 0.1) is 17.1 Å². The van der Waals surface area contributed by atoms with E-state index >= 15 is 0 Å². The van der Waals surface area contributed by atoms with Gasteiger partial charge in [-0.15, -0.1) is 0 Å². The van der Waals surface area contributed by atoms with Gasteiger partial charge in [0.1, 0.15) is 0 Å². The molecule has 0 aliphatic heterocycles. The minimum Gasteiger partial charge on any atom is -0.278 e. The Morgan fingerprint density at radius 2 is 1.36 bits per heavy atom. The summed E-state index contributed by atoms with van der Waals surface area (Å²) in [7, 11) is 0. The number of hydrogen-bond donors (Lipinski definition) is 0. The van der Waals surface area contributed by atoms with E-state index in [1.165, 1.54) is 38.6 Å². The van der Waals surface area contributed by atoms with Crippen LogP contribution in [-0.4, -0.2) is 16.2 Å². The second kappa shape index (κ2) is 10.3. The molecule has 1 atom stereocenters. The van der Waals surface area contributed by atoms with Crippen LogP contribution in [-0.2, 0) is 5.41 Å². The molecule has 6 aromatic rings. The second-order valence-corrected chi connectivity index (χ2v) is 11.8. The Kier molecular flexibility index (Phi) is 6.39. The Hall–Kier alpha value is -4.76. The Morgan fingerprint density at radius 3 is 2.12 bits per heavy atom. The summed E-state index contributed by atoms with van der Waals surface area (Å²) in [6, 6.07) is 43.3. The van der Waals surface area contributed by atoms with E-state index in [2.05, 4.69) is 148 Å². The highest BCUT2D eigenvalue weighted by Crippen LogP contribution is 2.50. The maximum atomic E-state index is 5.43. The lowest BCUT2D eigenvalue weighted by molar-refractivity contribution is 0.661. The predicted octanol–water partition coefficient (Wildman–Crippen LogP) is 9.97. The molecule has 0 spiro atoms. The Morgan fingerprint density at radius 1 is 0.690 bits per heavy atom. The molecule has 7 rings (SSSR count). The van der Waals surface area contributed by atoms with Crippen LogP contribution in [0.4, 0.5) is 0 Å². The highest BCUT2D eigenvalue weighted by molar-refractivity contribution is 6.17. The number of benzene rings is 5. The van der Waals surface area contributed by atoms with Gasteiger partial charge in [-0.3, -0.25) is 4.57 Å². The van der Waals surface area contributed by atoms with Crippen LogP contribution in [0.2, 0.25) is 0 Å². The van der Waals surface area contributed by atoms with Crippen LogP contribution in [0, 0.1) is 0 Å². The van der Waals surface area contributed by atoms with E-state index in [0.29, 0.717) is 5.96 Å². The molecule has 1 heterocycles. The van der Waals surface area contributed by atoms with Gasteiger partial charge in [0.15, 0.2) is 0 Å². The molecular formula is C39H35N3. The third-order valence-corrected chi connectivity index (χ3v) is 8.88. The quantitative estimate of drug-likeness (QED) is 0.156. The van der Waals surface area contributed by atoms with E-state index in [1.54, 1.807) is 0 Å². The lowest BCUT2D eigenvalue weighted by Gasteiger charge is -2.21. The lowest BCUT2D eigenvalue weighted by Crippen LogP contribution is -2.16. The van der Waals surface area contributed by atoms with Crippen LogP contribution in [0.25, 0.3) is 32.9 Å². The normalized spacial score (nSPS) is 15.1. The van der Waals surface area contributed by atoms with Crippen molar-refractivity contribution in [1.82, 2.24) is 4.57 Å². The zero-order valence-corrected chi connectivity index (χ0v) is 24.7. The van der Waals surface area contributed by atoms with Crippen molar-refractivity contribution in [1.29, 1.82) is 0 Å². The summed E-state index contributed by atoms with van der Waals surface area (Å²) < 4.78 is 2.29. The number of nitrogens with zero attached hydrogens (tertiary/aromatic N) is 3. The average Bonchev–Trinajstić information content (AvgIpc) is 3.47. The number of fused-ring (bicyclic) bond motifs is 6. The minimum atomic E-state index is -0.0993. The van der Waals surface area contributed by atoms with Gasteiger partial charge in [0.25, 0.3) is 0 Å². The highest BCUT2D eigenvalue weighted by atomic mass is 15.2. The van der Waals surface area contributed by atoms with Crippen molar-refractivity contribution < 1.29 is 0 Å². The SMILES string of the molecule is CCC(N=C(N=C(C)c1ccccc1)n1c2ccccc2c2cc3c(cc21)C(C)(C)c1ccccc1-3)c1ccccc1. The fourth-order valence-electron chi connectivity index (χ4n) is 6.63. The first-order valence-corrected chi connectivity index (χ1v) is 14.9. The van der Waals surface area contributed by atoms with Crippen molar-refractivity contribution in [2.75, 3.05) is 0 Å². The van der Waals surface area contributed by atoms with E-state index in [-0.39, 0.29) is 11.5 Å². The number of hydrogen-bond acceptors (Lipinski definition) is 1. The Bertz CT molecular complexity index is 1990. The van der Waals surface area contributed by atoms with Crippen LogP contribution < -0.4 is 0 Å². The molecule has 3 nitrogen and oxygen atoms in total. The van der Waals surface area contributed by atoms with Crippen LogP contribution >= 0.6 is 0 Å². The van der Waals surface area contributed by atoms with Crippen LogP contribution in [0.1, 0.15) is 62.4 Å². The molecule has 0 fully saturated rings. The van der Waals surface area contributed by atoms with E-state index in [1.807, 2.05) is 6.07 Å². The van der Waals surface area contributed by atoms with Gasteiger partial charge >= 0.3 is 0 Å². The third kappa shape index (κ3) is 4.19. The molecule has 0 N–H and O–H groups in total. The Balaban J connectivity index is 1.54. The molecule has 5 aromatic carbocycles. The summed E-state index contributed by atoms with van der Waals surface area (Å²) in [6.45, 7) is 8.96. The molecule has 0 bridgehead atoms. The van der Waals surface area contributed by atoms with E-state index < -0.39 is 0 Å². The standard InChI is InChI=1S/C39H35N3/c1-5-35(28-18-10-7-11-19-28)41-38(40-26(2)27-16-8-6-9-17-27)42-36-23-15-13-21-30(36)32-24-31-29-20-12-14-22-33(29)39(3,4)34(31)25-37(32)42/h6-25,35H,5H2,1-4H3. The molecule has 0 radical (unpaired) electrons. The molecule has 42 heavy (non-hydrogen) atoms. The smallest absolute Gasteiger partial charge is 0.230 e. The Labute approximate surface area is 247 Å². The number of rotatable bonds is 4. The lowest BCUT2D eigenvalue weighted by atomic mass is 9.82. The van der Waals surface area contributed by atoms with Crippen molar-refractivity contribution in [3.63, 3.8) is 0 Å². The third-order valence-electron chi connectivity index (χ3n) is 8.88. The summed E-state index contributed by atoms with van der Waals surface area (Å²) in [6.07, 6.45) is 0.877. The van der Waals surface area contributed by atoms with Crippen LogP contribution in [0.3, 0.4) is 0 Å². The maximum Gasteiger partial charge on any atom is 0.230 e. The highest BCUT2D eigenvalue weighted by Gasteiger charge is 2.36. The molecule has 1 aliphatic carbocycles. The first kappa shape index (κ1) is 26.2. The molecular weight excluding hydrogens is 510 g/mol. The zero-order valence-electron chi connectivity index (χ0n) is 24.7. The summed E-state index contributed by atoms with van der Waals surface area (Å²) in [4.78, 5) is 10.7. The number of para-hydroxylation sites is 1. The number of aromatic nitrogens is 1. The molecule has 0 amide bonds. The van der Waals surface area contributed by atoms with Crippen LogP contribution in [0.5, 0.6) is 0 Å². The molecule has 3 heteroatoms. The molecule has 0 saturated heterocycles. The molecule has 1 unspecified atom stereocenters. The largest absolute Gasteiger partial charge is 0.278 e. The topological polar surface area (TPSA) is 29.6 Å². The van der Waals surface area contributed by atoms with Crippen molar-refractivity contribution >= 4 is 33.5 Å². The summed E-state index contributed by atoms with van der Waals surface area (Å²) in [5.74, 6) is 0.714. The summed E-state index contributed by atoms with van der Waals surface area (Å²) >= 11 is 0. The zero-order chi connectivity index (χ0) is 28.8. The van der Waals surface area contributed by atoms with Crippen molar-refractivity contribution in [3.05, 3.63) is 144 Å². The van der Waals surface area contributed by atoms with Gasteiger partial charge in [0.2, 0.25) is 5.96 Å². The fourth-order valence-corrected chi connectivity index (χ4v) is 6.63. The average molecular weight is 546 g/mol. The van der Waals surface area contributed by atoms with Crippen molar-refractivity contribution in [3.8, 4) is 11.1 Å². The van der Waals surface area contributed by atoms with Gasteiger partial charge < -0.3 is 0 Å².